The van der Waals surface area contributed by atoms with Gasteiger partial charge in [-0.1, -0.05) is 6.92 Å². The van der Waals surface area contributed by atoms with E-state index in [2.05, 4.69) is 13.8 Å². The fourth-order valence-corrected chi connectivity index (χ4v) is 1.65. The quantitative estimate of drug-likeness (QED) is 0.444. The van der Waals surface area contributed by atoms with Gasteiger partial charge in [-0.2, -0.15) is 0 Å². The average Bonchev–Trinajstić information content (AvgIpc) is 1.97. The summed E-state index contributed by atoms with van der Waals surface area (Å²) in [7, 11) is 0. The largest absolute Gasteiger partial charge is 0.382 e. The third-order valence-electron chi connectivity index (χ3n) is 1.92. The highest BCUT2D eigenvalue weighted by Crippen LogP contribution is 2.15. The van der Waals surface area contributed by atoms with Gasteiger partial charge >= 0.3 is 0 Å². The first-order valence-corrected chi connectivity index (χ1v) is 5.32. The van der Waals surface area contributed by atoms with Crippen LogP contribution in [0.25, 0.3) is 0 Å². The number of alkyl halides is 1. The van der Waals surface area contributed by atoms with Crippen LogP contribution in [-0.2, 0) is 4.74 Å². The normalized spacial score (nSPS) is 16.0. The van der Waals surface area contributed by atoms with E-state index in [9.17, 15) is 0 Å². The fourth-order valence-electron chi connectivity index (χ4n) is 1.35. The first-order chi connectivity index (χ1) is 5.66. The van der Waals surface area contributed by atoms with Gasteiger partial charge in [-0.05, 0) is 39.0 Å². The molecular formula is C10H21ClO. The molecule has 0 saturated heterocycles. The average molecular weight is 193 g/mol. The second kappa shape index (κ2) is 7.88. The van der Waals surface area contributed by atoms with Crippen molar-refractivity contribution in [3.63, 3.8) is 0 Å². The van der Waals surface area contributed by atoms with Crippen LogP contribution in [0.1, 0.15) is 40.0 Å². The molecule has 12 heavy (non-hydrogen) atoms. The van der Waals surface area contributed by atoms with E-state index in [1.165, 1.54) is 12.8 Å². The van der Waals surface area contributed by atoms with Crippen LogP contribution in [0.3, 0.4) is 0 Å². The van der Waals surface area contributed by atoms with E-state index in [0.717, 1.165) is 25.6 Å². The number of rotatable bonds is 7. The number of hydrogen-bond acceptors (Lipinski definition) is 1. The highest BCUT2D eigenvalue weighted by molar-refractivity contribution is 6.20. The van der Waals surface area contributed by atoms with Gasteiger partial charge in [-0.15, -0.1) is 11.6 Å². The predicted molar refractivity (Wildman–Crippen MR) is 54.8 cm³/mol. The van der Waals surface area contributed by atoms with E-state index in [0.29, 0.717) is 5.38 Å². The molecule has 0 aromatic rings. The second-order valence-electron chi connectivity index (χ2n) is 3.46. The van der Waals surface area contributed by atoms with Gasteiger partial charge in [0.25, 0.3) is 0 Å². The molecule has 0 bridgehead atoms. The van der Waals surface area contributed by atoms with E-state index in [-0.39, 0.29) is 0 Å². The van der Waals surface area contributed by atoms with E-state index in [1.54, 1.807) is 0 Å². The Morgan fingerprint density at radius 2 is 2.00 bits per heavy atom. The molecule has 2 unspecified atom stereocenters. The summed E-state index contributed by atoms with van der Waals surface area (Å²) in [5, 5.41) is 0.312. The lowest BCUT2D eigenvalue weighted by atomic mass is 10.0. The van der Waals surface area contributed by atoms with Crippen molar-refractivity contribution < 1.29 is 4.74 Å². The van der Waals surface area contributed by atoms with Gasteiger partial charge in [0, 0.05) is 18.6 Å². The van der Waals surface area contributed by atoms with Crippen LogP contribution in [0.4, 0.5) is 0 Å². The molecule has 0 radical (unpaired) electrons. The number of hydrogen-bond donors (Lipinski definition) is 0. The van der Waals surface area contributed by atoms with Crippen molar-refractivity contribution in [3.05, 3.63) is 0 Å². The lowest BCUT2D eigenvalue weighted by Crippen LogP contribution is -2.04. The van der Waals surface area contributed by atoms with Gasteiger partial charge in [0.1, 0.15) is 0 Å². The van der Waals surface area contributed by atoms with Gasteiger partial charge in [0.2, 0.25) is 0 Å². The van der Waals surface area contributed by atoms with Crippen LogP contribution < -0.4 is 0 Å². The van der Waals surface area contributed by atoms with Crippen LogP contribution in [0.15, 0.2) is 0 Å². The lowest BCUT2D eigenvalue weighted by Gasteiger charge is -2.11. The SMILES string of the molecule is CCOCCCC(C)CC(C)Cl. The maximum Gasteiger partial charge on any atom is 0.0465 e. The molecule has 1 nitrogen and oxygen atoms in total. The molecule has 74 valence electrons. The summed E-state index contributed by atoms with van der Waals surface area (Å²) in [6, 6.07) is 0. The van der Waals surface area contributed by atoms with E-state index in [1.807, 2.05) is 6.92 Å². The molecule has 0 aromatic heterocycles. The first-order valence-electron chi connectivity index (χ1n) is 4.88. The molecule has 0 aliphatic heterocycles. The Morgan fingerprint density at radius 1 is 1.33 bits per heavy atom. The van der Waals surface area contributed by atoms with Crippen molar-refractivity contribution in [3.8, 4) is 0 Å². The minimum absolute atomic E-state index is 0.312. The van der Waals surface area contributed by atoms with Crippen LogP contribution in [0, 0.1) is 5.92 Å². The molecule has 0 fully saturated rings. The molecule has 2 atom stereocenters. The van der Waals surface area contributed by atoms with Crippen LogP contribution >= 0.6 is 11.6 Å². The minimum Gasteiger partial charge on any atom is -0.382 e. The van der Waals surface area contributed by atoms with Crippen LogP contribution in [0.2, 0.25) is 0 Å². The van der Waals surface area contributed by atoms with Gasteiger partial charge in [-0.25, -0.2) is 0 Å². The summed E-state index contributed by atoms with van der Waals surface area (Å²) >= 11 is 5.88. The predicted octanol–water partition coefficient (Wildman–Crippen LogP) is 3.46. The number of halogens is 1. The molecule has 0 aliphatic rings. The Kier molecular flexibility index (Phi) is 8.04. The van der Waals surface area contributed by atoms with Crippen LogP contribution in [-0.4, -0.2) is 18.6 Å². The first kappa shape index (κ1) is 12.2. The Morgan fingerprint density at radius 3 is 2.50 bits per heavy atom. The molecule has 0 heterocycles. The van der Waals surface area contributed by atoms with Crippen molar-refractivity contribution in [2.45, 2.75) is 45.4 Å². The summed E-state index contributed by atoms with van der Waals surface area (Å²) < 4.78 is 5.26. The zero-order valence-corrected chi connectivity index (χ0v) is 9.23. The van der Waals surface area contributed by atoms with Crippen molar-refractivity contribution >= 4 is 11.6 Å². The van der Waals surface area contributed by atoms with Crippen LogP contribution in [0.5, 0.6) is 0 Å². The summed E-state index contributed by atoms with van der Waals surface area (Å²) in [6.45, 7) is 8.08. The fraction of sp³-hybridized carbons (Fsp3) is 1.00. The molecule has 0 rings (SSSR count). The van der Waals surface area contributed by atoms with Gasteiger partial charge < -0.3 is 4.74 Å². The third kappa shape index (κ3) is 8.35. The summed E-state index contributed by atoms with van der Waals surface area (Å²) in [4.78, 5) is 0. The summed E-state index contributed by atoms with van der Waals surface area (Å²) in [5.41, 5.74) is 0. The molecule has 0 aliphatic carbocycles. The maximum absolute atomic E-state index is 5.88. The topological polar surface area (TPSA) is 9.23 Å². The molecule has 0 spiro atoms. The smallest absolute Gasteiger partial charge is 0.0465 e. The molecule has 2 heteroatoms. The highest BCUT2D eigenvalue weighted by Gasteiger charge is 2.05. The molecule has 0 aromatic carbocycles. The van der Waals surface area contributed by atoms with Gasteiger partial charge in [-0.3, -0.25) is 0 Å². The Labute approximate surface area is 81.4 Å². The Hall–Kier alpha value is 0.250. The number of ether oxygens (including phenoxy) is 1. The molecule has 0 N–H and O–H groups in total. The van der Waals surface area contributed by atoms with Gasteiger partial charge in [0.05, 0.1) is 0 Å². The second-order valence-corrected chi connectivity index (χ2v) is 4.21. The minimum atomic E-state index is 0.312. The molecular weight excluding hydrogens is 172 g/mol. The summed E-state index contributed by atoms with van der Waals surface area (Å²) in [6.07, 6.45) is 3.52. The van der Waals surface area contributed by atoms with Crippen molar-refractivity contribution in [1.82, 2.24) is 0 Å². The van der Waals surface area contributed by atoms with E-state index >= 15 is 0 Å². The molecule has 0 amide bonds. The zero-order chi connectivity index (χ0) is 9.40. The van der Waals surface area contributed by atoms with Gasteiger partial charge in [0.15, 0.2) is 0 Å². The maximum atomic E-state index is 5.88. The van der Waals surface area contributed by atoms with E-state index < -0.39 is 0 Å². The Bertz CT molecular complexity index is 93.8. The van der Waals surface area contributed by atoms with E-state index in [4.69, 9.17) is 16.3 Å². The summed E-state index contributed by atoms with van der Waals surface area (Å²) in [5.74, 6) is 0.734. The third-order valence-corrected chi connectivity index (χ3v) is 2.10. The lowest BCUT2D eigenvalue weighted by molar-refractivity contribution is 0.139. The monoisotopic (exact) mass is 192 g/mol. The van der Waals surface area contributed by atoms with Crippen molar-refractivity contribution in [2.24, 2.45) is 5.92 Å². The van der Waals surface area contributed by atoms with Crippen molar-refractivity contribution in [2.75, 3.05) is 13.2 Å². The zero-order valence-electron chi connectivity index (χ0n) is 8.48. The Balaban J connectivity index is 3.14. The standard InChI is InChI=1S/C10H21ClO/c1-4-12-7-5-6-9(2)8-10(3)11/h9-10H,4-8H2,1-3H3. The highest BCUT2D eigenvalue weighted by atomic mass is 35.5. The molecule has 0 saturated carbocycles. The van der Waals surface area contributed by atoms with Crippen molar-refractivity contribution in [1.29, 1.82) is 0 Å².